The summed E-state index contributed by atoms with van der Waals surface area (Å²) in [5, 5.41) is 5.74. The molecule has 2 amide bonds. The molecule has 10 heteroatoms. The van der Waals surface area contributed by atoms with Gasteiger partial charge in [-0.05, 0) is 63.8 Å². The van der Waals surface area contributed by atoms with Crippen LogP contribution in [0.2, 0.25) is 0 Å². The second kappa shape index (κ2) is 8.49. The summed E-state index contributed by atoms with van der Waals surface area (Å²) in [6.07, 6.45) is 4.47. The lowest BCUT2D eigenvalue weighted by Crippen LogP contribution is -2.50. The van der Waals surface area contributed by atoms with Crippen molar-refractivity contribution in [1.82, 2.24) is 15.3 Å². The minimum Gasteiger partial charge on any atom is -0.377 e. The number of ether oxygens (including phenoxy) is 1. The zero-order chi connectivity index (χ0) is 24.1. The molecule has 2 saturated carbocycles. The van der Waals surface area contributed by atoms with Gasteiger partial charge < -0.3 is 20.3 Å². The molecule has 0 spiro atoms. The number of morpholine rings is 1. The standard InChI is InChI=1S/C24H31N5O4S/c1-15-13-33-14-16(2)29(15)21-12-20(24(10-11-24)34(3,31)32)27-22(28-21)17-4-6-18(7-5-17)25-23(30)26-19-8-9-19/h4-7,12,15-16,19H,8-11,13-14H2,1-3H3,(H2,25,26,30)/t15-,16-/m0/s1. The molecule has 1 aliphatic heterocycles. The first kappa shape index (κ1) is 23.0. The third-order valence-electron chi connectivity index (χ3n) is 6.84. The summed E-state index contributed by atoms with van der Waals surface area (Å²) in [4.78, 5) is 23.8. The van der Waals surface area contributed by atoms with Crippen molar-refractivity contribution in [2.75, 3.05) is 29.7 Å². The van der Waals surface area contributed by atoms with Gasteiger partial charge in [-0.3, -0.25) is 0 Å². The van der Waals surface area contributed by atoms with E-state index in [1.54, 1.807) is 12.1 Å². The number of urea groups is 1. The van der Waals surface area contributed by atoms with Crippen molar-refractivity contribution >= 4 is 27.4 Å². The fourth-order valence-electron chi connectivity index (χ4n) is 4.60. The second-order valence-corrected chi connectivity index (χ2v) is 12.1. The highest BCUT2D eigenvalue weighted by molar-refractivity contribution is 7.91. The van der Waals surface area contributed by atoms with Crippen molar-refractivity contribution in [3.63, 3.8) is 0 Å². The van der Waals surface area contributed by atoms with E-state index in [4.69, 9.17) is 14.7 Å². The van der Waals surface area contributed by atoms with E-state index in [2.05, 4.69) is 29.4 Å². The first-order valence-corrected chi connectivity index (χ1v) is 13.7. The van der Waals surface area contributed by atoms with Crippen LogP contribution in [0, 0.1) is 0 Å². The highest BCUT2D eigenvalue weighted by Gasteiger charge is 2.55. The molecule has 34 heavy (non-hydrogen) atoms. The van der Waals surface area contributed by atoms with E-state index in [9.17, 15) is 13.2 Å². The van der Waals surface area contributed by atoms with Crippen LogP contribution in [0.1, 0.15) is 45.2 Å². The number of nitrogens with one attached hydrogen (secondary N) is 2. The second-order valence-electron chi connectivity index (χ2n) is 9.79. The van der Waals surface area contributed by atoms with Gasteiger partial charge in [0, 0.05) is 29.6 Å². The largest absolute Gasteiger partial charge is 0.377 e. The van der Waals surface area contributed by atoms with Gasteiger partial charge in [-0.25, -0.2) is 23.2 Å². The number of anilines is 2. The molecule has 2 heterocycles. The Labute approximate surface area is 200 Å². The molecule has 1 aromatic heterocycles. The minimum absolute atomic E-state index is 0.101. The first-order valence-electron chi connectivity index (χ1n) is 11.8. The Balaban J connectivity index is 1.50. The number of amides is 2. The molecule has 0 unspecified atom stereocenters. The van der Waals surface area contributed by atoms with E-state index in [0.717, 1.165) is 18.4 Å². The zero-order valence-corrected chi connectivity index (χ0v) is 20.6. The van der Waals surface area contributed by atoms with E-state index in [-0.39, 0.29) is 24.2 Å². The van der Waals surface area contributed by atoms with Crippen LogP contribution in [0.5, 0.6) is 0 Å². The topological polar surface area (TPSA) is 114 Å². The molecule has 182 valence electrons. The summed E-state index contributed by atoms with van der Waals surface area (Å²) in [6.45, 7) is 5.32. The lowest BCUT2D eigenvalue weighted by atomic mass is 10.1. The number of carbonyl (C=O) groups excluding carboxylic acids is 1. The zero-order valence-electron chi connectivity index (χ0n) is 19.7. The fraction of sp³-hybridized carbons (Fsp3) is 0.542. The molecular weight excluding hydrogens is 454 g/mol. The van der Waals surface area contributed by atoms with Crippen molar-refractivity contribution in [3.05, 3.63) is 36.0 Å². The summed E-state index contributed by atoms with van der Waals surface area (Å²) in [7, 11) is -3.33. The lowest BCUT2D eigenvalue weighted by Gasteiger charge is -2.40. The van der Waals surface area contributed by atoms with Crippen LogP contribution in [0.4, 0.5) is 16.3 Å². The number of aromatic nitrogens is 2. The van der Waals surface area contributed by atoms with E-state index in [0.29, 0.717) is 49.1 Å². The fourth-order valence-corrected chi connectivity index (χ4v) is 5.93. The Kier molecular flexibility index (Phi) is 5.76. The number of hydrogen-bond donors (Lipinski definition) is 2. The smallest absolute Gasteiger partial charge is 0.319 e. The Hall–Kier alpha value is -2.72. The molecule has 1 aromatic carbocycles. The first-order chi connectivity index (χ1) is 16.2. The van der Waals surface area contributed by atoms with Gasteiger partial charge in [0.2, 0.25) is 0 Å². The van der Waals surface area contributed by atoms with Crippen LogP contribution < -0.4 is 15.5 Å². The SMILES string of the molecule is C[C@H]1COC[C@H](C)N1c1cc(C2(S(C)(=O)=O)CC2)nc(-c2ccc(NC(=O)NC3CC3)cc2)n1. The molecule has 2 N–H and O–H groups in total. The summed E-state index contributed by atoms with van der Waals surface area (Å²) in [5.41, 5.74) is 1.98. The maximum atomic E-state index is 12.7. The van der Waals surface area contributed by atoms with Crippen LogP contribution >= 0.6 is 0 Å². The molecule has 3 fully saturated rings. The number of carbonyl (C=O) groups is 1. The summed E-state index contributed by atoms with van der Waals surface area (Å²) >= 11 is 0. The molecule has 2 atom stereocenters. The van der Waals surface area contributed by atoms with Gasteiger partial charge >= 0.3 is 6.03 Å². The summed E-state index contributed by atoms with van der Waals surface area (Å²) < 4.78 is 30.1. The minimum atomic E-state index is -3.33. The van der Waals surface area contributed by atoms with Crippen LogP contribution in [-0.2, 0) is 19.3 Å². The van der Waals surface area contributed by atoms with Gasteiger partial charge in [-0.1, -0.05) is 0 Å². The van der Waals surface area contributed by atoms with E-state index in [1.807, 2.05) is 18.2 Å². The average Bonchev–Trinajstić information content (AvgIpc) is 3.68. The Morgan fingerprint density at radius 3 is 2.29 bits per heavy atom. The molecule has 0 radical (unpaired) electrons. The number of rotatable bonds is 6. The Morgan fingerprint density at radius 2 is 1.74 bits per heavy atom. The highest BCUT2D eigenvalue weighted by atomic mass is 32.2. The number of sulfone groups is 1. The highest BCUT2D eigenvalue weighted by Crippen LogP contribution is 2.52. The van der Waals surface area contributed by atoms with Crippen molar-refractivity contribution in [2.24, 2.45) is 0 Å². The summed E-state index contributed by atoms with van der Waals surface area (Å²) in [6, 6.07) is 9.42. The quantitative estimate of drug-likeness (QED) is 0.646. The molecule has 2 aliphatic carbocycles. The number of benzene rings is 1. The van der Waals surface area contributed by atoms with Gasteiger partial charge in [-0.2, -0.15) is 0 Å². The third kappa shape index (κ3) is 4.48. The van der Waals surface area contributed by atoms with Crippen molar-refractivity contribution in [1.29, 1.82) is 0 Å². The number of nitrogens with zero attached hydrogens (tertiary/aromatic N) is 3. The van der Waals surface area contributed by atoms with Crippen LogP contribution in [0.3, 0.4) is 0 Å². The van der Waals surface area contributed by atoms with Crippen LogP contribution in [-0.4, -0.2) is 62.0 Å². The predicted molar refractivity (Wildman–Crippen MR) is 131 cm³/mol. The van der Waals surface area contributed by atoms with E-state index < -0.39 is 14.6 Å². The maximum absolute atomic E-state index is 12.7. The number of hydrogen-bond acceptors (Lipinski definition) is 7. The van der Waals surface area contributed by atoms with E-state index >= 15 is 0 Å². The molecule has 1 saturated heterocycles. The van der Waals surface area contributed by atoms with Gasteiger partial charge in [0.05, 0.1) is 31.0 Å². The molecule has 2 aromatic rings. The lowest BCUT2D eigenvalue weighted by molar-refractivity contribution is 0.0752. The molecular formula is C24H31N5O4S. The Morgan fingerprint density at radius 1 is 1.09 bits per heavy atom. The third-order valence-corrected chi connectivity index (χ3v) is 8.88. The van der Waals surface area contributed by atoms with Gasteiger partial charge in [-0.15, -0.1) is 0 Å². The van der Waals surface area contributed by atoms with Crippen molar-refractivity contribution in [2.45, 2.75) is 62.4 Å². The molecule has 9 nitrogen and oxygen atoms in total. The molecule has 5 rings (SSSR count). The van der Waals surface area contributed by atoms with Crippen LogP contribution in [0.15, 0.2) is 30.3 Å². The maximum Gasteiger partial charge on any atom is 0.319 e. The average molecular weight is 486 g/mol. The van der Waals surface area contributed by atoms with Gasteiger partial charge in [0.1, 0.15) is 10.6 Å². The monoisotopic (exact) mass is 485 g/mol. The normalized spacial score (nSPS) is 23.9. The molecule has 0 bridgehead atoms. The summed E-state index contributed by atoms with van der Waals surface area (Å²) in [5.74, 6) is 1.19. The predicted octanol–water partition coefficient (Wildman–Crippen LogP) is 3.07. The molecule has 3 aliphatic rings. The van der Waals surface area contributed by atoms with E-state index in [1.165, 1.54) is 6.26 Å². The Bertz CT molecular complexity index is 1180. The van der Waals surface area contributed by atoms with Crippen molar-refractivity contribution < 1.29 is 17.9 Å². The van der Waals surface area contributed by atoms with Crippen molar-refractivity contribution in [3.8, 4) is 11.4 Å². The van der Waals surface area contributed by atoms with Gasteiger partial charge in [0.15, 0.2) is 15.7 Å². The van der Waals surface area contributed by atoms with Gasteiger partial charge in [0.25, 0.3) is 0 Å². The van der Waals surface area contributed by atoms with Crippen LogP contribution in [0.25, 0.3) is 11.4 Å².